The number of carbonyl (C=O) groups is 1. The van der Waals surface area contributed by atoms with Crippen molar-refractivity contribution in [1.29, 1.82) is 0 Å². The minimum Gasteiger partial charge on any atom is -0.468 e. The maximum absolute atomic E-state index is 11.2. The summed E-state index contributed by atoms with van der Waals surface area (Å²) in [5.41, 5.74) is 2.25. The molecule has 1 atom stereocenters. The highest BCUT2D eigenvalue weighted by Gasteiger charge is 2.13. The molecule has 0 saturated carbocycles. The SMILES string of the molecule is COC(=O)C1C=CC(C)=CC(C)=C1. The zero-order valence-corrected chi connectivity index (χ0v) is 8.20. The minimum absolute atomic E-state index is 0.210. The van der Waals surface area contributed by atoms with Gasteiger partial charge in [-0.1, -0.05) is 35.5 Å². The van der Waals surface area contributed by atoms with Crippen molar-refractivity contribution in [2.45, 2.75) is 13.8 Å². The molecule has 70 valence electrons. The third-order valence-electron chi connectivity index (χ3n) is 1.94. The molecule has 0 radical (unpaired) electrons. The predicted molar refractivity (Wildman–Crippen MR) is 52.2 cm³/mol. The second-order valence-corrected chi connectivity index (χ2v) is 3.21. The maximum Gasteiger partial charge on any atom is 0.316 e. The average Bonchev–Trinajstić information content (AvgIpc) is 2.25. The van der Waals surface area contributed by atoms with Crippen molar-refractivity contribution in [1.82, 2.24) is 0 Å². The number of ether oxygens (including phenoxy) is 1. The topological polar surface area (TPSA) is 26.3 Å². The highest BCUT2D eigenvalue weighted by Crippen LogP contribution is 2.15. The monoisotopic (exact) mass is 178 g/mol. The van der Waals surface area contributed by atoms with Crippen LogP contribution in [-0.2, 0) is 9.53 Å². The Morgan fingerprint density at radius 3 is 2.69 bits per heavy atom. The highest BCUT2D eigenvalue weighted by molar-refractivity contribution is 5.77. The van der Waals surface area contributed by atoms with Gasteiger partial charge in [-0.2, -0.15) is 0 Å². The van der Waals surface area contributed by atoms with E-state index in [1.807, 2.05) is 38.2 Å². The Balaban J connectivity index is 2.88. The van der Waals surface area contributed by atoms with E-state index in [1.54, 1.807) is 0 Å². The summed E-state index contributed by atoms with van der Waals surface area (Å²) in [7, 11) is 1.41. The fourth-order valence-corrected chi connectivity index (χ4v) is 1.33. The van der Waals surface area contributed by atoms with Crippen LogP contribution in [0, 0.1) is 5.92 Å². The van der Waals surface area contributed by atoms with Gasteiger partial charge in [-0.3, -0.25) is 4.79 Å². The first-order valence-electron chi connectivity index (χ1n) is 4.26. The van der Waals surface area contributed by atoms with Crippen molar-refractivity contribution in [3.05, 3.63) is 35.5 Å². The molecule has 1 rings (SSSR count). The molecule has 0 N–H and O–H groups in total. The standard InChI is InChI=1S/C11H14O2/c1-8-4-5-10(11(12)13-3)7-9(2)6-8/h4-7,10H,1-3H3. The molecule has 0 aromatic carbocycles. The third kappa shape index (κ3) is 2.58. The average molecular weight is 178 g/mol. The number of hydrogen-bond acceptors (Lipinski definition) is 2. The van der Waals surface area contributed by atoms with Crippen molar-refractivity contribution in [3.63, 3.8) is 0 Å². The lowest BCUT2D eigenvalue weighted by Crippen LogP contribution is -2.11. The number of rotatable bonds is 1. The van der Waals surface area contributed by atoms with Gasteiger partial charge in [0.25, 0.3) is 0 Å². The van der Waals surface area contributed by atoms with E-state index < -0.39 is 0 Å². The van der Waals surface area contributed by atoms with E-state index in [4.69, 9.17) is 0 Å². The van der Waals surface area contributed by atoms with Crippen LogP contribution in [0.3, 0.4) is 0 Å². The van der Waals surface area contributed by atoms with Crippen LogP contribution < -0.4 is 0 Å². The summed E-state index contributed by atoms with van der Waals surface area (Å²) in [6.07, 6.45) is 7.74. The predicted octanol–water partition coefficient (Wildman–Crippen LogP) is 2.24. The van der Waals surface area contributed by atoms with Gasteiger partial charge in [-0.25, -0.2) is 0 Å². The second-order valence-electron chi connectivity index (χ2n) is 3.21. The summed E-state index contributed by atoms with van der Waals surface area (Å²) in [5, 5.41) is 0. The Labute approximate surface area is 78.6 Å². The Kier molecular flexibility index (Phi) is 3.07. The summed E-state index contributed by atoms with van der Waals surface area (Å²) < 4.78 is 4.67. The number of esters is 1. The van der Waals surface area contributed by atoms with Crippen LogP contribution >= 0.6 is 0 Å². The van der Waals surface area contributed by atoms with Gasteiger partial charge >= 0.3 is 5.97 Å². The molecule has 0 amide bonds. The van der Waals surface area contributed by atoms with Crippen LogP contribution in [0.15, 0.2) is 35.5 Å². The van der Waals surface area contributed by atoms with Crippen molar-refractivity contribution >= 4 is 5.97 Å². The van der Waals surface area contributed by atoms with Crippen LogP contribution in [0.1, 0.15) is 13.8 Å². The fraction of sp³-hybridized carbons (Fsp3) is 0.364. The molecule has 0 spiro atoms. The van der Waals surface area contributed by atoms with Crippen molar-refractivity contribution in [2.24, 2.45) is 5.92 Å². The summed E-state index contributed by atoms with van der Waals surface area (Å²) in [6.45, 7) is 3.99. The van der Waals surface area contributed by atoms with E-state index in [9.17, 15) is 4.79 Å². The van der Waals surface area contributed by atoms with Crippen molar-refractivity contribution < 1.29 is 9.53 Å². The molecule has 0 aromatic heterocycles. The lowest BCUT2D eigenvalue weighted by molar-refractivity contribution is -0.142. The number of carbonyl (C=O) groups excluding carboxylic acids is 1. The van der Waals surface area contributed by atoms with Gasteiger partial charge in [0, 0.05) is 0 Å². The van der Waals surface area contributed by atoms with Crippen LogP contribution in [0.25, 0.3) is 0 Å². The third-order valence-corrected chi connectivity index (χ3v) is 1.94. The molecule has 0 fully saturated rings. The van der Waals surface area contributed by atoms with E-state index in [2.05, 4.69) is 4.74 Å². The first-order chi connectivity index (χ1) is 6.13. The van der Waals surface area contributed by atoms with Crippen LogP contribution in [0.4, 0.5) is 0 Å². The Bertz CT molecular complexity index is 295. The van der Waals surface area contributed by atoms with Gasteiger partial charge in [0.2, 0.25) is 0 Å². The molecule has 0 saturated heterocycles. The number of hydrogen-bond donors (Lipinski definition) is 0. The molecule has 0 aliphatic heterocycles. The molecule has 2 nitrogen and oxygen atoms in total. The molecule has 1 aliphatic rings. The second kappa shape index (κ2) is 4.08. The van der Waals surface area contributed by atoms with E-state index in [0.29, 0.717) is 0 Å². The minimum atomic E-state index is -0.237. The lowest BCUT2D eigenvalue weighted by atomic mass is 10.1. The molecule has 1 unspecified atom stereocenters. The van der Waals surface area contributed by atoms with Gasteiger partial charge in [-0.15, -0.1) is 0 Å². The fourth-order valence-electron chi connectivity index (χ4n) is 1.33. The smallest absolute Gasteiger partial charge is 0.316 e. The largest absolute Gasteiger partial charge is 0.468 e. The molecular formula is C11H14O2. The molecule has 0 heterocycles. The van der Waals surface area contributed by atoms with Crippen molar-refractivity contribution in [2.75, 3.05) is 7.11 Å². The van der Waals surface area contributed by atoms with Gasteiger partial charge in [-0.05, 0) is 13.8 Å². The Hall–Kier alpha value is -1.31. The van der Waals surface area contributed by atoms with E-state index in [0.717, 1.165) is 11.1 Å². The van der Waals surface area contributed by atoms with Gasteiger partial charge in [0.15, 0.2) is 0 Å². The Morgan fingerprint density at radius 1 is 1.38 bits per heavy atom. The van der Waals surface area contributed by atoms with E-state index in [1.165, 1.54) is 7.11 Å². The normalized spacial score (nSPS) is 21.6. The van der Waals surface area contributed by atoms with Crippen LogP contribution in [0.2, 0.25) is 0 Å². The first-order valence-corrected chi connectivity index (χ1v) is 4.26. The van der Waals surface area contributed by atoms with Gasteiger partial charge in [0.05, 0.1) is 13.0 Å². The zero-order chi connectivity index (χ0) is 9.84. The number of allylic oxidation sites excluding steroid dienone is 4. The highest BCUT2D eigenvalue weighted by atomic mass is 16.5. The molecule has 2 heteroatoms. The van der Waals surface area contributed by atoms with Gasteiger partial charge < -0.3 is 4.74 Å². The molecule has 13 heavy (non-hydrogen) atoms. The summed E-state index contributed by atoms with van der Waals surface area (Å²) >= 11 is 0. The van der Waals surface area contributed by atoms with Gasteiger partial charge in [0.1, 0.15) is 0 Å². The van der Waals surface area contributed by atoms with E-state index >= 15 is 0 Å². The van der Waals surface area contributed by atoms with Crippen molar-refractivity contribution in [3.8, 4) is 0 Å². The summed E-state index contributed by atoms with van der Waals surface area (Å²) in [6, 6.07) is 0. The summed E-state index contributed by atoms with van der Waals surface area (Å²) in [4.78, 5) is 11.2. The lowest BCUT2D eigenvalue weighted by Gasteiger charge is -2.04. The number of methoxy groups -OCH3 is 1. The molecule has 1 aliphatic carbocycles. The molecule has 0 bridgehead atoms. The summed E-state index contributed by atoms with van der Waals surface area (Å²) in [5.74, 6) is -0.447. The molecular weight excluding hydrogens is 164 g/mol. The van der Waals surface area contributed by atoms with E-state index in [-0.39, 0.29) is 11.9 Å². The maximum atomic E-state index is 11.2. The molecule has 0 aromatic rings. The zero-order valence-electron chi connectivity index (χ0n) is 8.20. The first kappa shape index (κ1) is 9.78. The Morgan fingerprint density at radius 2 is 2.08 bits per heavy atom. The quantitative estimate of drug-likeness (QED) is 0.575. The van der Waals surface area contributed by atoms with Crippen LogP contribution in [-0.4, -0.2) is 13.1 Å². The van der Waals surface area contributed by atoms with Crippen LogP contribution in [0.5, 0.6) is 0 Å².